The zero-order valence-corrected chi connectivity index (χ0v) is 37.6. The van der Waals surface area contributed by atoms with E-state index in [1.54, 1.807) is 90.8 Å². The minimum Gasteiger partial charge on any atom is -0.497 e. The van der Waals surface area contributed by atoms with E-state index in [0.29, 0.717) is 33.4 Å². The number of carbonyl (C=O) groups excluding carboxylic acids is 7. The number of ketones is 7. The Morgan fingerprint density at radius 2 is 0.571 bits per heavy atom. The summed E-state index contributed by atoms with van der Waals surface area (Å²) in [6, 6.07) is 37.3. The topological polar surface area (TPSA) is 156 Å². The first-order valence-corrected chi connectivity index (χ1v) is 19.6. The third kappa shape index (κ3) is 17.2. The molecule has 0 aliphatic carbocycles. The van der Waals surface area contributed by atoms with Gasteiger partial charge in [-0.2, -0.15) is 0 Å². The van der Waals surface area contributed by atoms with Gasteiger partial charge in [0.05, 0.1) is 28.4 Å². The van der Waals surface area contributed by atoms with Crippen LogP contribution in [0.25, 0.3) is 10.8 Å². The highest BCUT2D eigenvalue weighted by Crippen LogP contribution is 2.25. The van der Waals surface area contributed by atoms with Crippen LogP contribution in [0.2, 0.25) is 0 Å². The van der Waals surface area contributed by atoms with Crippen molar-refractivity contribution in [2.75, 3.05) is 28.4 Å². The van der Waals surface area contributed by atoms with Gasteiger partial charge in [-0.05, 0) is 132 Å². The van der Waals surface area contributed by atoms with E-state index in [1.807, 2.05) is 60.7 Å². The van der Waals surface area contributed by atoms with Crippen molar-refractivity contribution in [1.29, 1.82) is 0 Å². The Morgan fingerprint density at radius 1 is 0.286 bits per heavy atom. The van der Waals surface area contributed by atoms with Gasteiger partial charge in [-0.15, -0.1) is 0 Å². The summed E-state index contributed by atoms with van der Waals surface area (Å²) in [4.78, 5) is 77.2. The second-order valence-corrected chi connectivity index (χ2v) is 13.8. The Kier molecular flexibility index (Phi) is 21.3. The molecule has 0 amide bonds. The summed E-state index contributed by atoms with van der Waals surface area (Å²) >= 11 is 0. The second-order valence-electron chi connectivity index (χ2n) is 13.8. The molecule has 0 saturated carbocycles. The summed E-state index contributed by atoms with van der Waals surface area (Å²) in [6.07, 6.45) is 0. The fourth-order valence-electron chi connectivity index (χ4n) is 5.36. The molecule has 0 heterocycles. The fraction of sp³-hybridized carbons (Fsp3) is 0.212. The van der Waals surface area contributed by atoms with Crippen LogP contribution in [0, 0.1) is 0 Å². The van der Waals surface area contributed by atoms with E-state index in [-0.39, 0.29) is 40.5 Å². The molecule has 0 radical (unpaired) electrons. The molecule has 11 nitrogen and oxygen atoms in total. The van der Waals surface area contributed by atoms with Gasteiger partial charge < -0.3 is 18.9 Å². The summed E-state index contributed by atoms with van der Waals surface area (Å²) in [5.74, 6) is 2.89. The maximum absolute atomic E-state index is 11.2. The highest BCUT2D eigenvalue weighted by molar-refractivity contribution is 6.04. The van der Waals surface area contributed by atoms with E-state index < -0.39 is 0 Å². The number of ether oxygens (including phenoxy) is 4. The minimum absolute atomic E-state index is 0.0186. The van der Waals surface area contributed by atoms with Gasteiger partial charge in [0, 0.05) is 38.9 Å². The Balaban J connectivity index is 0.000000273. The Morgan fingerprint density at radius 3 is 0.889 bits per heavy atom. The lowest BCUT2D eigenvalue weighted by Crippen LogP contribution is -2.03. The van der Waals surface area contributed by atoms with Crippen molar-refractivity contribution >= 4 is 51.3 Å². The van der Waals surface area contributed by atoms with Crippen LogP contribution >= 0.6 is 0 Å². The smallest absolute Gasteiger partial charge is 0.160 e. The molecule has 0 unspecified atom stereocenters. The highest BCUT2D eigenvalue weighted by Gasteiger charge is 2.10. The van der Waals surface area contributed by atoms with Crippen molar-refractivity contribution in [1.82, 2.24) is 0 Å². The van der Waals surface area contributed by atoms with E-state index >= 15 is 0 Å². The first-order chi connectivity index (χ1) is 29.8. The maximum atomic E-state index is 11.2. The lowest BCUT2D eigenvalue weighted by molar-refractivity contribution is 0.0996. The first kappa shape index (κ1) is 51.6. The second kappa shape index (κ2) is 25.9. The Hall–Kier alpha value is -7.53. The van der Waals surface area contributed by atoms with Crippen LogP contribution in [0.3, 0.4) is 0 Å². The number of benzene rings is 6. The molecule has 0 bridgehead atoms. The molecule has 6 aromatic carbocycles. The monoisotopic (exact) mass is 854 g/mol. The molecule has 0 spiro atoms. The molecule has 0 aliphatic rings. The number of rotatable bonds is 11. The molecule has 0 fully saturated rings. The normalized spacial score (nSPS) is 9.63. The zero-order valence-electron chi connectivity index (χ0n) is 37.6. The molecule has 11 heteroatoms. The number of para-hydroxylation sites is 2. The molecule has 0 atom stereocenters. The van der Waals surface area contributed by atoms with Gasteiger partial charge in [0.2, 0.25) is 0 Å². The van der Waals surface area contributed by atoms with Gasteiger partial charge >= 0.3 is 0 Å². The van der Waals surface area contributed by atoms with Gasteiger partial charge in [-0.25, -0.2) is 0 Å². The predicted octanol–water partition coefficient (Wildman–Crippen LogP) is 11.0. The van der Waals surface area contributed by atoms with Crippen molar-refractivity contribution in [3.05, 3.63) is 166 Å². The number of Topliss-reactive ketones (excluding diaryl/α,β-unsaturated/α-hetero) is 7. The third-order valence-corrected chi connectivity index (χ3v) is 9.09. The standard InChI is InChI=1S/C13H12O2.C12H12O3.C10H10O2.C9H10O2.C8H10O2/c1-9(14)10-3-4-12-8-13(15-2)6-5-11(12)7-10;1-7(13)10-4-11(8(2)14)6-12(5-10)9(3)15;1-7(11)9-3-5-10(6-4-9)8(2)12;1-7(10)8-3-5-9(11-2)6-4-8;1-9-7-5-3-4-6-8(7)10-2/h3-8H,1-2H3;4-6H,1-3H3;3-6H,1-2H3;3-6H,1-2H3;3-6H,1-2H3. The van der Waals surface area contributed by atoms with E-state index in [0.717, 1.165) is 39.3 Å². The van der Waals surface area contributed by atoms with Gasteiger partial charge in [0.25, 0.3) is 0 Å². The van der Waals surface area contributed by atoms with Gasteiger partial charge in [-0.3, -0.25) is 33.6 Å². The lowest BCUT2D eigenvalue weighted by Gasteiger charge is -2.04. The largest absolute Gasteiger partial charge is 0.497 e. The molecule has 6 aromatic rings. The molecule has 0 N–H and O–H groups in total. The van der Waals surface area contributed by atoms with Crippen LogP contribution in [-0.4, -0.2) is 68.9 Å². The van der Waals surface area contributed by atoms with Crippen molar-refractivity contribution in [2.45, 2.75) is 48.5 Å². The average Bonchev–Trinajstić information content (AvgIpc) is 3.29. The molecule has 0 saturated heterocycles. The van der Waals surface area contributed by atoms with Crippen molar-refractivity contribution in [2.24, 2.45) is 0 Å². The quantitative estimate of drug-likeness (QED) is 0.114. The first-order valence-electron chi connectivity index (χ1n) is 19.6. The van der Waals surface area contributed by atoms with Gasteiger partial charge in [-0.1, -0.05) is 54.6 Å². The third-order valence-electron chi connectivity index (χ3n) is 9.09. The summed E-state index contributed by atoms with van der Waals surface area (Å²) in [7, 11) is 6.49. The fourth-order valence-corrected chi connectivity index (χ4v) is 5.36. The number of hydrogen-bond donors (Lipinski definition) is 0. The lowest BCUT2D eigenvalue weighted by atomic mass is 10.00. The molecule has 328 valence electrons. The molecule has 63 heavy (non-hydrogen) atoms. The number of carbonyl (C=O) groups is 7. The van der Waals surface area contributed by atoms with Crippen LogP contribution in [-0.2, 0) is 0 Å². The molecular formula is C52H54O11. The number of hydrogen-bond acceptors (Lipinski definition) is 11. The average molecular weight is 855 g/mol. The van der Waals surface area contributed by atoms with Crippen LogP contribution in [0.5, 0.6) is 23.0 Å². The van der Waals surface area contributed by atoms with E-state index in [9.17, 15) is 33.6 Å². The predicted molar refractivity (Wildman–Crippen MR) is 246 cm³/mol. The highest BCUT2D eigenvalue weighted by atomic mass is 16.5. The van der Waals surface area contributed by atoms with Crippen LogP contribution < -0.4 is 18.9 Å². The van der Waals surface area contributed by atoms with E-state index in [4.69, 9.17) is 18.9 Å². The summed E-state index contributed by atoms with van der Waals surface area (Å²) in [5.41, 5.74) is 3.92. The Labute approximate surface area is 369 Å². The van der Waals surface area contributed by atoms with Crippen LogP contribution in [0.1, 0.15) is 121 Å². The molecular weight excluding hydrogens is 801 g/mol. The van der Waals surface area contributed by atoms with Gasteiger partial charge in [0.1, 0.15) is 11.5 Å². The van der Waals surface area contributed by atoms with Crippen molar-refractivity contribution in [3.63, 3.8) is 0 Å². The van der Waals surface area contributed by atoms with E-state index in [1.165, 1.54) is 52.8 Å². The summed E-state index contributed by atoms with van der Waals surface area (Å²) in [5, 5.41) is 2.14. The zero-order chi connectivity index (χ0) is 47.2. The minimum atomic E-state index is -0.152. The Bertz CT molecular complexity index is 2400. The SMILES string of the molecule is CC(=O)c1cc(C(C)=O)cc(C(C)=O)c1.CC(=O)c1ccc(C(C)=O)cc1.COc1ccc(C(C)=O)cc1.COc1ccc2cc(C(C)=O)ccc2c1.COc1ccccc1OC. The van der Waals surface area contributed by atoms with E-state index in [2.05, 4.69) is 0 Å². The maximum Gasteiger partial charge on any atom is 0.160 e. The van der Waals surface area contributed by atoms with Gasteiger partial charge in [0.15, 0.2) is 52.0 Å². The number of methoxy groups -OCH3 is 4. The summed E-state index contributed by atoms with van der Waals surface area (Å²) in [6.45, 7) is 10.3. The van der Waals surface area contributed by atoms with Crippen molar-refractivity contribution in [3.8, 4) is 23.0 Å². The van der Waals surface area contributed by atoms with Crippen LogP contribution in [0.15, 0.2) is 127 Å². The number of fused-ring (bicyclic) bond motifs is 1. The van der Waals surface area contributed by atoms with Crippen molar-refractivity contribution < 1.29 is 52.5 Å². The summed E-state index contributed by atoms with van der Waals surface area (Å²) < 4.78 is 20.1. The van der Waals surface area contributed by atoms with Crippen LogP contribution in [0.4, 0.5) is 0 Å². The molecule has 6 rings (SSSR count). The molecule has 0 aromatic heterocycles. The molecule has 0 aliphatic heterocycles.